The van der Waals surface area contributed by atoms with E-state index < -0.39 is 5.82 Å². The second kappa shape index (κ2) is 6.35. The van der Waals surface area contributed by atoms with Crippen LogP contribution in [0.3, 0.4) is 0 Å². The molecule has 0 heterocycles. The van der Waals surface area contributed by atoms with Crippen molar-refractivity contribution >= 4 is 5.71 Å². The largest absolute Gasteiger partial charge is 0.488 e. The van der Waals surface area contributed by atoms with Crippen LogP contribution in [0.5, 0.6) is 5.75 Å². The maximum atomic E-state index is 13.3. The fourth-order valence-electron chi connectivity index (χ4n) is 1.94. The lowest BCUT2D eigenvalue weighted by molar-refractivity contribution is 0.302. The average Bonchev–Trinajstić information content (AvgIpc) is 2.46. The highest BCUT2D eigenvalue weighted by atomic mass is 19.1. The molecule has 2 rings (SSSR count). The first-order chi connectivity index (χ1) is 10.0. The highest BCUT2D eigenvalue weighted by Crippen LogP contribution is 2.22. The maximum absolute atomic E-state index is 13.3. The Morgan fingerprint density at radius 1 is 1.14 bits per heavy atom. The summed E-state index contributed by atoms with van der Waals surface area (Å²) in [5.41, 5.74) is 2.22. The Hall–Kier alpha value is -2.43. The van der Waals surface area contributed by atoms with Crippen LogP contribution in [0.15, 0.2) is 41.6 Å². The Kier molecular flexibility index (Phi) is 4.52. The third-order valence-corrected chi connectivity index (χ3v) is 3.17. The molecule has 0 aliphatic carbocycles. The van der Waals surface area contributed by atoms with Gasteiger partial charge < -0.3 is 9.94 Å². The van der Waals surface area contributed by atoms with Crippen molar-refractivity contribution in [2.45, 2.75) is 20.5 Å². The van der Waals surface area contributed by atoms with Gasteiger partial charge in [0.1, 0.15) is 24.0 Å². The van der Waals surface area contributed by atoms with Gasteiger partial charge in [0.2, 0.25) is 0 Å². The van der Waals surface area contributed by atoms with Gasteiger partial charge in [-0.15, -0.1) is 0 Å². The van der Waals surface area contributed by atoms with Crippen molar-refractivity contribution in [3.8, 4) is 5.75 Å². The van der Waals surface area contributed by atoms with Crippen LogP contribution in [0, 0.1) is 18.6 Å². The van der Waals surface area contributed by atoms with E-state index in [0.29, 0.717) is 11.3 Å². The fourth-order valence-corrected chi connectivity index (χ4v) is 1.94. The highest BCUT2D eigenvalue weighted by Gasteiger charge is 2.10. The lowest BCUT2D eigenvalue weighted by atomic mass is 10.1. The molecular weight excluding hydrogens is 276 g/mol. The Morgan fingerprint density at radius 3 is 2.48 bits per heavy atom. The monoisotopic (exact) mass is 291 g/mol. The minimum Gasteiger partial charge on any atom is -0.488 e. The van der Waals surface area contributed by atoms with Gasteiger partial charge in [-0.05, 0) is 55.3 Å². The molecule has 0 saturated heterocycles. The molecule has 1 N–H and O–H groups in total. The molecule has 0 amide bonds. The third-order valence-electron chi connectivity index (χ3n) is 3.17. The number of rotatable bonds is 4. The molecule has 0 fully saturated rings. The van der Waals surface area contributed by atoms with E-state index in [9.17, 15) is 8.78 Å². The van der Waals surface area contributed by atoms with Gasteiger partial charge in [-0.3, -0.25) is 0 Å². The first-order valence-electron chi connectivity index (χ1n) is 6.37. The summed E-state index contributed by atoms with van der Waals surface area (Å²) >= 11 is 0. The molecule has 3 nitrogen and oxygen atoms in total. The molecule has 0 aromatic heterocycles. The minimum absolute atomic E-state index is 0.212. The maximum Gasteiger partial charge on any atom is 0.129 e. The summed E-state index contributed by atoms with van der Waals surface area (Å²) in [6, 6.07) is 8.39. The molecule has 0 unspecified atom stereocenters. The minimum atomic E-state index is -0.446. The Bertz CT molecular complexity index is 684. The summed E-state index contributed by atoms with van der Waals surface area (Å²) < 4.78 is 32.0. The summed E-state index contributed by atoms with van der Waals surface area (Å²) in [4.78, 5) is 0. The first kappa shape index (κ1) is 15.0. The number of benzene rings is 2. The predicted octanol–water partition coefficient (Wildman–Crippen LogP) is 4.05. The van der Waals surface area contributed by atoms with E-state index in [4.69, 9.17) is 9.94 Å². The quantitative estimate of drug-likeness (QED) is 0.524. The zero-order chi connectivity index (χ0) is 15.4. The molecule has 5 heteroatoms. The van der Waals surface area contributed by atoms with E-state index in [0.717, 1.165) is 11.1 Å². The Balaban J connectivity index is 2.24. The highest BCUT2D eigenvalue weighted by molar-refractivity contribution is 6.00. The van der Waals surface area contributed by atoms with Gasteiger partial charge in [0.25, 0.3) is 0 Å². The number of oxime groups is 1. The number of ether oxygens (including phenoxy) is 1. The van der Waals surface area contributed by atoms with Crippen LogP contribution >= 0.6 is 0 Å². The summed E-state index contributed by atoms with van der Waals surface area (Å²) in [6.07, 6.45) is 0. The van der Waals surface area contributed by atoms with Gasteiger partial charge in [-0.25, -0.2) is 8.78 Å². The van der Waals surface area contributed by atoms with Gasteiger partial charge in [-0.2, -0.15) is 0 Å². The zero-order valence-corrected chi connectivity index (χ0v) is 11.7. The molecule has 21 heavy (non-hydrogen) atoms. The van der Waals surface area contributed by atoms with Gasteiger partial charge in [-0.1, -0.05) is 11.2 Å². The molecular formula is C16H15F2NO2. The Labute approximate surface area is 121 Å². The van der Waals surface area contributed by atoms with E-state index in [1.54, 1.807) is 19.9 Å². The summed E-state index contributed by atoms with van der Waals surface area (Å²) in [5.74, 6) is -0.351. The normalized spacial score (nSPS) is 11.5. The van der Waals surface area contributed by atoms with Crippen molar-refractivity contribution in [2.24, 2.45) is 5.16 Å². The van der Waals surface area contributed by atoms with Crippen molar-refractivity contribution in [3.05, 3.63) is 64.7 Å². The van der Waals surface area contributed by atoms with Crippen molar-refractivity contribution < 1.29 is 18.7 Å². The van der Waals surface area contributed by atoms with Crippen molar-refractivity contribution in [2.75, 3.05) is 0 Å². The van der Waals surface area contributed by atoms with E-state index in [1.807, 2.05) is 0 Å². The SMILES string of the molecule is C/C(=N/O)c1cc(F)ccc1OCc1ccc(F)cc1C. The number of nitrogens with zero attached hydrogens (tertiary/aromatic N) is 1. The fraction of sp³-hybridized carbons (Fsp3) is 0.188. The smallest absolute Gasteiger partial charge is 0.129 e. The predicted molar refractivity (Wildman–Crippen MR) is 75.9 cm³/mol. The molecule has 0 aliphatic rings. The molecule has 0 atom stereocenters. The molecule has 0 saturated carbocycles. The van der Waals surface area contributed by atoms with Crippen LogP contribution < -0.4 is 4.74 Å². The molecule has 110 valence electrons. The zero-order valence-electron chi connectivity index (χ0n) is 11.7. The number of halogens is 2. The molecule has 0 radical (unpaired) electrons. The molecule has 0 bridgehead atoms. The molecule has 2 aromatic carbocycles. The van der Waals surface area contributed by atoms with Crippen LogP contribution in [-0.4, -0.2) is 10.9 Å². The second-order valence-corrected chi connectivity index (χ2v) is 4.69. The van der Waals surface area contributed by atoms with Gasteiger partial charge in [0.05, 0.1) is 5.71 Å². The van der Waals surface area contributed by atoms with E-state index in [2.05, 4.69) is 5.16 Å². The van der Waals surface area contributed by atoms with Gasteiger partial charge in [0, 0.05) is 5.56 Å². The Morgan fingerprint density at radius 2 is 1.81 bits per heavy atom. The number of hydrogen-bond acceptors (Lipinski definition) is 3. The topological polar surface area (TPSA) is 41.8 Å². The van der Waals surface area contributed by atoms with E-state index in [-0.39, 0.29) is 18.1 Å². The van der Waals surface area contributed by atoms with Crippen LogP contribution in [0.25, 0.3) is 0 Å². The van der Waals surface area contributed by atoms with Crippen LogP contribution in [0.1, 0.15) is 23.6 Å². The lowest BCUT2D eigenvalue weighted by Crippen LogP contribution is -2.04. The summed E-state index contributed by atoms with van der Waals surface area (Å²) in [7, 11) is 0. The summed E-state index contributed by atoms with van der Waals surface area (Å²) in [5, 5.41) is 11.9. The first-order valence-corrected chi connectivity index (χ1v) is 6.37. The third kappa shape index (κ3) is 3.56. The van der Waals surface area contributed by atoms with E-state index in [1.165, 1.54) is 30.3 Å². The van der Waals surface area contributed by atoms with Crippen LogP contribution in [0.2, 0.25) is 0 Å². The van der Waals surface area contributed by atoms with Crippen molar-refractivity contribution in [1.82, 2.24) is 0 Å². The average molecular weight is 291 g/mol. The van der Waals surface area contributed by atoms with Gasteiger partial charge in [0.15, 0.2) is 0 Å². The lowest BCUT2D eigenvalue weighted by Gasteiger charge is -2.12. The van der Waals surface area contributed by atoms with Crippen LogP contribution in [0.4, 0.5) is 8.78 Å². The van der Waals surface area contributed by atoms with E-state index >= 15 is 0 Å². The van der Waals surface area contributed by atoms with Crippen molar-refractivity contribution in [3.63, 3.8) is 0 Å². The van der Waals surface area contributed by atoms with Crippen LogP contribution in [-0.2, 0) is 6.61 Å². The molecule has 0 aliphatic heterocycles. The van der Waals surface area contributed by atoms with Crippen molar-refractivity contribution in [1.29, 1.82) is 0 Å². The molecule has 2 aromatic rings. The standard InChI is InChI=1S/C16H15F2NO2/c1-10-7-13(17)4-3-12(10)9-21-16-6-5-14(18)8-15(16)11(2)19-20/h3-8,20H,9H2,1-2H3/b19-11-. The number of hydrogen-bond donors (Lipinski definition) is 1. The summed E-state index contributed by atoms with van der Waals surface area (Å²) in [6.45, 7) is 3.54. The number of aryl methyl sites for hydroxylation is 1. The molecule has 0 spiro atoms. The van der Waals surface area contributed by atoms with Gasteiger partial charge >= 0.3 is 0 Å². The second-order valence-electron chi connectivity index (χ2n) is 4.69.